The molecule has 27 heavy (non-hydrogen) atoms. The van der Waals surface area contributed by atoms with Crippen LogP contribution in [0.2, 0.25) is 0 Å². The van der Waals surface area contributed by atoms with Gasteiger partial charge in [0.15, 0.2) is 0 Å². The third-order valence-corrected chi connectivity index (χ3v) is 4.58. The first-order valence-electron chi connectivity index (χ1n) is 9.37. The Morgan fingerprint density at radius 2 is 1.59 bits per heavy atom. The van der Waals surface area contributed by atoms with E-state index in [4.69, 9.17) is 4.74 Å². The molecule has 1 heterocycles. The number of hydrogen-bond acceptors (Lipinski definition) is 4. The standard InChI is InChI=1S/C21H28N4O2/c1-23(2)13-12-22-21(26)25-16-14-24(15-17-25)18-8-10-20(11-9-18)27-19-6-4-3-5-7-19/h3-11H,12-17H2,1-2H3,(H,22,26). The van der Waals surface area contributed by atoms with Crippen molar-refractivity contribution in [3.63, 3.8) is 0 Å². The quantitative estimate of drug-likeness (QED) is 0.852. The van der Waals surface area contributed by atoms with Gasteiger partial charge >= 0.3 is 6.03 Å². The third kappa shape index (κ3) is 5.62. The van der Waals surface area contributed by atoms with E-state index in [1.165, 1.54) is 0 Å². The predicted octanol–water partition coefficient (Wildman–Crippen LogP) is 2.87. The van der Waals surface area contributed by atoms with Crippen molar-refractivity contribution >= 4 is 11.7 Å². The summed E-state index contributed by atoms with van der Waals surface area (Å²) in [5, 5.41) is 2.98. The normalized spacial score (nSPS) is 14.3. The van der Waals surface area contributed by atoms with Gasteiger partial charge in [0.1, 0.15) is 11.5 Å². The molecule has 0 bridgehead atoms. The number of amides is 2. The molecule has 2 amide bonds. The number of anilines is 1. The van der Waals surface area contributed by atoms with Gasteiger partial charge in [-0.25, -0.2) is 4.79 Å². The number of likely N-dealkylation sites (N-methyl/N-ethyl adjacent to an activating group) is 1. The Kier molecular flexibility index (Phi) is 6.54. The van der Waals surface area contributed by atoms with E-state index in [9.17, 15) is 4.79 Å². The van der Waals surface area contributed by atoms with Crippen LogP contribution < -0.4 is 15.0 Å². The monoisotopic (exact) mass is 368 g/mol. The second-order valence-corrected chi connectivity index (χ2v) is 6.92. The molecule has 1 fully saturated rings. The highest BCUT2D eigenvalue weighted by molar-refractivity contribution is 5.74. The first kappa shape index (κ1) is 19.0. The van der Waals surface area contributed by atoms with E-state index >= 15 is 0 Å². The van der Waals surface area contributed by atoms with Crippen molar-refractivity contribution in [1.82, 2.24) is 15.1 Å². The van der Waals surface area contributed by atoms with Gasteiger partial charge in [-0.15, -0.1) is 0 Å². The molecule has 3 rings (SSSR count). The summed E-state index contributed by atoms with van der Waals surface area (Å²) < 4.78 is 5.84. The molecule has 0 saturated carbocycles. The molecule has 1 saturated heterocycles. The van der Waals surface area contributed by atoms with Gasteiger partial charge in [0.2, 0.25) is 0 Å². The summed E-state index contributed by atoms with van der Waals surface area (Å²) in [6, 6.07) is 17.9. The number of nitrogens with one attached hydrogen (secondary N) is 1. The molecule has 1 aliphatic heterocycles. The Bertz CT molecular complexity index is 711. The van der Waals surface area contributed by atoms with Gasteiger partial charge in [0.05, 0.1) is 0 Å². The smallest absolute Gasteiger partial charge is 0.317 e. The molecular formula is C21H28N4O2. The summed E-state index contributed by atoms with van der Waals surface area (Å²) in [6.07, 6.45) is 0. The van der Waals surface area contributed by atoms with Crippen LogP contribution in [0, 0.1) is 0 Å². The molecule has 0 spiro atoms. The van der Waals surface area contributed by atoms with Crippen LogP contribution in [0.25, 0.3) is 0 Å². The Balaban J connectivity index is 1.47. The molecular weight excluding hydrogens is 340 g/mol. The number of para-hydroxylation sites is 1. The van der Waals surface area contributed by atoms with Crippen LogP contribution in [0.5, 0.6) is 11.5 Å². The molecule has 0 radical (unpaired) electrons. The van der Waals surface area contributed by atoms with Crippen LogP contribution in [0.1, 0.15) is 0 Å². The second-order valence-electron chi connectivity index (χ2n) is 6.92. The van der Waals surface area contributed by atoms with E-state index < -0.39 is 0 Å². The van der Waals surface area contributed by atoms with Crippen molar-refractivity contribution in [3.8, 4) is 11.5 Å². The molecule has 2 aromatic carbocycles. The number of ether oxygens (including phenoxy) is 1. The zero-order valence-electron chi connectivity index (χ0n) is 16.1. The largest absolute Gasteiger partial charge is 0.457 e. The van der Waals surface area contributed by atoms with Crippen molar-refractivity contribution in [1.29, 1.82) is 0 Å². The maximum Gasteiger partial charge on any atom is 0.317 e. The van der Waals surface area contributed by atoms with Gasteiger partial charge in [0.25, 0.3) is 0 Å². The minimum Gasteiger partial charge on any atom is -0.457 e. The van der Waals surface area contributed by atoms with E-state index in [-0.39, 0.29) is 6.03 Å². The van der Waals surface area contributed by atoms with Gasteiger partial charge in [-0.2, -0.15) is 0 Å². The van der Waals surface area contributed by atoms with Crippen molar-refractivity contribution in [2.24, 2.45) is 0 Å². The number of hydrogen-bond donors (Lipinski definition) is 1. The average molecular weight is 368 g/mol. The van der Waals surface area contributed by atoms with Crippen LogP contribution in [-0.2, 0) is 0 Å². The van der Waals surface area contributed by atoms with Gasteiger partial charge in [-0.1, -0.05) is 18.2 Å². The lowest BCUT2D eigenvalue weighted by atomic mass is 10.2. The molecule has 0 atom stereocenters. The summed E-state index contributed by atoms with van der Waals surface area (Å²) >= 11 is 0. The molecule has 0 aliphatic carbocycles. The van der Waals surface area contributed by atoms with E-state index in [2.05, 4.69) is 27.2 Å². The fraction of sp³-hybridized carbons (Fsp3) is 0.381. The van der Waals surface area contributed by atoms with Crippen molar-refractivity contribution in [3.05, 3.63) is 54.6 Å². The maximum atomic E-state index is 12.2. The third-order valence-electron chi connectivity index (χ3n) is 4.58. The van der Waals surface area contributed by atoms with E-state index in [0.717, 1.165) is 49.9 Å². The summed E-state index contributed by atoms with van der Waals surface area (Å²) in [6.45, 7) is 4.66. The van der Waals surface area contributed by atoms with Gasteiger partial charge in [-0.3, -0.25) is 0 Å². The van der Waals surface area contributed by atoms with Gasteiger partial charge < -0.3 is 24.8 Å². The Morgan fingerprint density at radius 3 is 2.22 bits per heavy atom. The van der Waals surface area contributed by atoms with Crippen LogP contribution >= 0.6 is 0 Å². The second kappa shape index (κ2) is 9.28. The number of carbonyl (C=O) groups excluding carboxylic acids is 1. The highest BCUT2D eigenvalue weighted by atomic mass is 16.5. The fourth-order valence-electron chi connectivity index (χ4n) is 3.02. The topological polar surface area (TPSA) is 48.1 Å². The number of piperazine rings is 1. The van der Waals surface area contributed by atoms with E-state index in [1.54, 1.807) is 0 Å². The zero-order valence-corrected chi connectivity index (χ0v) is 16.1. The molecule has 6 nitrogen and oxygen atoms in total. The number of urea groups is 1. The number of rotatable bonds is 6. The number of benzene rings is 2. The zero-order chi connectivity index (χ0) is 19.1. The fourth-order valence-corrected chi connectivity index (χ4v) is 3.02. The summed E-state index contributed by atoms with van der Waals surface area (Å²) in [4.78, 5) is 18.5. The summed E-state index contributed by atoms with van der Waals surface area (Å²) in [5.41, 5.74) is 1.16. The van der Waals surface area contributed by atoms with Crippen LogP contribution in [0.15, 0.2) is 54.6 Å². The lowest BCUT2D eigenvalue weighted by Gasteiger charge is -2.36. The molecule has 144 valence electrons. The molecule has 6 heteroatoms. The van der Waals surface area contributed by atoms with Crippen LogP contribution in [0.4, 0.5) is 10.5 Å². The molecule has 1 aliphatic rings. The average Bonchev–Trinajstić information content (AvgIpc) is 2.69. The number of nitrogens with zero attached hydrogens (tertiary/aromatic N) is 3. The first-order chi connectivity index (χ1) is 13.1. The summed E-state index contributed by atoms with van der Waals surface area (Å²) in [5.74, 6) is 1.66. The first-order valence-corrected chi connectivity index (χ1v) is 9.37. The Labute approximate surface area is 161 Å². The molecule has 0 aromatic heterocycles. The van der Waals surface area contributed by atoms with Gasteiger partial charge in [0, 0.05) is 45.0 Å². The molecule has 2 aromatic rings. The minimum absolute atomic E-state index is 0.0307. The molecule has 1 N–H and O–H groups in total. The van der Waals surface area contributed by atoms with Crippen LogP contribution in [-0.4, -0.2) is 69.2 Å². The van der Waals surface area contributed by atoms with Crippen molar-refractivity contribution in [2.75, 3.05) is 58.3 Å². The van der Waals surface area contributed by atoms with E-state index in [0.29, 0.717) is 6.54 Å². The van der Waals surface area contributed by atoms with Crippen molar-refractivity contribution in [2.45, 2.75) is 0 Å². The van der Waals surface area contributed by atoms with Gasteiger partial charge in [-0.05, 0) is 50.5 Å². The SMILES string of the molecule is CN(C)CCNC(=O)N1CCN(c2ccc(Oc3ccccc3)cc2)CC1. The highest BCUT2D eigenvalue weighted by Crippen LogP contribution is 2.24. The predicted molar refractivity (Wildman–Crippen MR) is 109 cm³/mol. The molecule has 0 unspecified atom stereocenters. The van der Waals surface area contributed by atoms with Crippen molar-refractivity contribution < 1.29 is 9.53 Å². The maximum absolute atomic E-state index is 12.2. The lowest BCUT2D eigenvalue weighted by Crippen LogP contribution is -2.52. The van der Waals surface area contributed by atoms with Crippen LogP contribution in [0.3, 0.4) is 0 Å². The highest BCUT2D eigenvalue weighted by Gasteiger charge is 2.21. The van der Waals surface area contributed by atoms with E-state index in [1.807, 2.05) is 61.5 Å². The minimum atomic E-state index is 0.0307. The lowest BCUT2D eigenvalue weighted by molar-refractivity contribution is 0.193. The number of carbonyl (C=O) groups is 1. The Morgan fingerprint density at radius 1 is 0.963 bits per heavy atom. The summed E-state index contributed by atoms with van der Waals surface area (Å²) in [7, 11) is 4.00. The Hall–Kier alpha value is -2.73.